The van der Waals surface area contributed by atoms with Gasteiger partial charge in [0.25, 0.3) is 0 Å². The summed E-state index contributed by atoms with van der Waals surface area (Å²) in [6.07, 6.45) is -4.30. The summed E-state index contributed by atoms with van der Waals surface area (Å²) in [6.45, 7) is 1.69. The minimum absolute atomic E-state index is 0.266. The number of aromatic nitrogens is 1. The van der Waals surface area contributed by atoms with E-state index in [0.29, 0.717) is 17.7 Å². The molecule has 1 saturated carbocycles. The quantitative estimate of drug-likeness (QED) is 0.932. The van der Waals surface area contributed by atoms with Crippen LogP contribution in [0.25, 0.3) is 0 Å². The van der Waals surface area contributed by atoms with Gasteiger partial charge in [-0.05, 0) is 30.9 Å². The van der Waals surface area contributed by atoms with Crippen molar-refractivity contribution in [3.05, 3.63) is 41.7 Å². The molecule has 3 rings (SSSR count). The summed E-state index contributed by atoms with van der Waals surface area (Å²) in [5.41, 5.74) is 0.376. The zero-order chi connectivity index (χ0) is 16.6. The summed E-state index contributed by atoms with van der Waals surface area (Å²) in [6, 6.07) is 7.43. The number of hydrogen-bond donors (Lipinski definition) is 1. The molecule has 2 aromatic rings. The lowest BCUT2D eigenvalue weighted by Crippen LogP contribution is -2.18. The third-order valence-corrected chi connectivity index (χ3v) is 3.55. The van der Waals surface area contributed by atoms with Crippen molar-refractivity contribution in [2.75, 3.05) is 5.32 Å². The highest BCUT2D eigenvalue weighted by atomic mass is 19.4. The normalized spacial score (nSPS) is 20.2. The minimum Gasteiger partial charge on any atom is -0.405 e. The Morgan fingerprint density at radius 2 is 2.13 bits per heavy atom. The molecular weight excluding hydrogens is 313 g/mol. The van der Waals surface area contributed by atoms with Gasteiger partial charge >= 0.3 is 6.36 Å². The van der Waals surface area contributed by atoms with Crippen LogP contribution in [0, 0.1) is 12.8 Å². The molecule has 1 fully saturated rings. The third-order valence-electron chi connectivity index (χ3n) is 3.55. The highest BCUT2D eigenvalue weighted by molar-refractivity contribution is 5.94. The van der Waals surface area contributed by atoms with Gasteiger partial charge in [0.05, 0.1) is 0 Å². The van der Waals surface area contributed by atoms with Gasteiger partial charge in [-0.3, -0.25) is 4.79 Å². The molecule has 2 unspecified atom stereocenters. The van der Waals surface area contributed by atoms with E-state index in [2.05, 4.69) is 15.2 Å². The summed E-state index contributed by atoms with van der Waals surface area (Å²) in [4.78, 5) is 12.1. The van der Waals surface area contributed by atoms with Crippen LogP contribution >= 0.6 is 0 Å². The molecule has 0 spiro atoms. The van der Waals surface area contributed by atoms with Crippen molar-refractivity contribution in [1.82, 2.24) is 5.16 Å². The highest BCUT2D eigenvalue weighted by Gasteiger charge is 2.46. The molecule has 0 aliphatic heterocycles. The number of amides is 1. The molecule has 5 nitrogen and oxygen atoms in total. The molecule has 1 aromatic carbocycles. The Kier molecular flexibility index (Phi) is 3.75. The maximum Gasteiger partial charge on any atom is 0.573 e. The fourth-order valence-corrected chi connectivity index (χ4v) is 2.48. The van der Waals surface area contributed by atoms with Crippen LogP contribution in [-0.4, -0.2) is 17.4 Å². The summed E-state index contributed by atoms with van der Waals surface area (Å²) >= 11 is 0. The first-order valence-corrected chi connectivity index (χ1v) is 6.92. The molecule has 1 heterocycles. The molecule has 1 aliphatic rings. The number of carbonyl (C=O) groups is 1. The summed E-state index contributed by atoms with van der Waals surface area (Å²) in [5.74, 6) is -0.441. The van der Waals surface area contributed by atoms with Crippen molar-refractivity contribution in [1.29, 1.82) is 0 Å². The number of benzene rings is 1. The largest absolute Gasteiger partial charge is 0.573 e. The maximum absolute atomic E-state index is 12.4. The lowest BCUT2D eigenvalue weighted by atomic mass is 10.1. The topological polar surface area (TPSA) is 64.4 Å². The SMILES string of the molecule is Cc1cc(NC(=O)C2CC2c2ccccc2OC(F)(F)F)no1. The van der Waals surface area contributed by atoms with E-state index < -0.39 is 12.3 Å². The van der Waals surface area contributed by atoms with Gasteiger partial charge in [0.2, 0.25) is 5.91 Å². The molecule has 122 valence electrons. The van der Waals surface area contributed by atoms with Gasteiger partial charge in [-0.2, -0.15) is 0 Å². The number of ether oxygens (including phenoxy) is 1. The summed E-state index contributed by atoms with van der Waals surface area (Å²) < 4.78 is 46.2. The fraction of sp³-hybridized carbons (Fsp3) is 0.333. The van der Waals surface area contributed by atoms with Crippen LogP contribution in [0.1, 0.15) is 23.7 Å². The second kappa shape index (κ2) is 5.60. The van der Waals surface area contributed by atoms with Gasteiger partial charge in [0.1, 0.15) is 11.5 Å². The zero-order valence-corrected chi connectivity index (χ0v) is 12.1. The Bertz CT molecular complexity index is 727. The highest BCUT2D eigenvalue weighted by Crippen LogP contribution is 2.51. The number of nitrogens with zero attached hydrogens (tertiary/aromatic N) is 1. The Balaban J connectivity index is 1.69. The molecule has 1 aliphatic carbocycles. The van der Waals surface area contributed by atoms with E-state index in [-0.39, 0.29) is 23.4 Å². The molecule has 0 radical (unpaired) electrons. The fourth-order valence-electron chi connectivity index (χ4n) is 2.48. The average Bonchev–Trinajstić information content (AvgIpc) is 3.15. The zero-order valence-electron chi connectivity index (χ0n) is 12.1. The molecule has 1 aromatic heterocycles. The van der Waals surface area contributed by atoms with Gasteiger partial charge in [0.15, 0.2) is 5.82 Å². The molecule has 0 saturated heterocycles. The molecule has 0 bridgehead atoms. The number of rotatable bonds is 4. The number of aryl methyl sites for hydroxylation is 1. The number of nitrogens with one attached hydrogen (secondary N) is 1. The van der Waals surface area contributed by atoms with Crippen molar-refractivity contribution in [2.45, 2.75) is 25.6 Å². The van der Waals surface area contributed by atoms with E-state index in [1.807, 2.05) is 0 Å². The van der Waals surface area contributed by atoms with E-state index in [1.54, 1.807) is 25.1 Å². The van der Waals surface area contributed by atoms with Gasteiger partial charge in [-0.1, -0.05) is 23.4 Å². The van der Waals surface area contributed by atoms with Crippen LogP contribution < -0.4 is 10.1 Å². The number of hydrogen-bond acceptors (Lipinski definition) is 4. The van der Waals surface area contributed by atoms with E-state index in [4.69, 9.17) is 4.52 Å². The predicted octanol–water partition coefficient (Wildman–Crippen LogP) is 3.62. The van der Waals surface area contributed by atoms with Gasteiger partial charge in [-0.25, -0.2) is 0 Å². The second-order valence-electron chi connectivity index (χ2n) is 5.35. The molecular formula is C15H13F3N2O3. The first-order valence-electron chi connectivity index (χ1n) is 6.92. The molecule has 8 heteroatoms. The molecule has 23 heavy (non-hydrogen) atoms. The van der Waals surface area contributed by atoms with E-state index >= 15 is 0 Å². The number of carbonyl (C=O) groups excluding carboxylic acids is 1. The smallest absolute Gasteiger partial charge is 0.405 e. The van der Waals surface area contributed by atoms with Crippen LogP contribution in [0.3, 0.4) is 0 Å². The Labute approximate surface area is 129 Å². The van der Waals surface area contributed by atoms with Crippen LogP contribution in [0.4, 0.5) is 19.0 Å². The third kappa shape index (κ3) is 3.64. The molecule has 1 amide bonds. The molecule has 2 atom stereocenters. The number of alkyl halides is 3. The number of para-hydroxylation sites is 1. The van der Waals surface area contributed by atoms with Crippen LogP contribution in [-0.2, 0) is 4.79 Å². The van der Waals surface area contributed by atoms with Gasteiger partial charge in [0, 0.05) is 12.0 Å². The van der Waals surface area contributed by atoms with E-state index in [1.165, 1.54) is 12.1 Å². The minimum atomic E-state index is -4.76. The van der Waals surface area contributed by atoms with Crippen molar-refractivity contribution >= 4 is 11.7 Å². The van der Waals surface area contributed by atoms with Crippen LogP contribution in [0.15, 0.2) is 34.9 Å². The van der Waals surface area contributed by atoms with E-state index in [0.717, 1.165) is 0 Å². The summed E-state index contributed by atoms with van der Waals surface area (Å²) in [5, 5.41) is 6.23. The van der Waals surface area contributed by atoms with Crippen molar-refractivity contribution in [3.63, 3.8) is 0 Å². The van der Waals surface area contributed by atoms with E-state index in [9.17, 15) is 18.0 Å². The van der Waals surface area contributed by atoms with Crippen molar-refractivity contribution in [2.24, 2.45) is 5.92 Å². The first kappa shape index (κ1) is 15.4. The van der Waals surface area contributed by atoms with Gasteiger partial charge < -0.3 is 14.6 Å². The predicted molar refractivity (Wildman–Crippen MR) is 73.8 cm³/mol. The number of anilines is 1. The summed E-state index contributed by atoms with van der Waals surface area (Å²) in [7, 11) is 0. The lowest BCUT2D eigenvalue weighted by molar-refractivity contribution is -0.274. The van der Waals surface area contributed by atoms with Crippen LogP contribution in [0.2, 0.25) is 0 Å². The Morgan fingerprint density at radius 3 is 2.78 bits per heavy atom. The van der Waals surface area contributed by atoms with Crippen molar-refractivity contribution in [3.8, 4) is 5.75 Å². The number of halogens is 3. The van der Waals surface area contributed by atoms with Crippen LogP contribution in [0.5, 0.6) is 5.75 Å². The first-order chi connectivity index (χ1) is 10.8. The monoisotopic (exact) mass is 326 g/mol. The maximum atomic E-state index is 12.4. The lowest BCUT2D eigenvalue weighted by Gasteiger charge is -2.12. The van der Waals surface area contributed by atoms with Gasteiger partial charge in [-0.15, -0.1) is 13.2 Å². The Morgan fingerprint density at radius 1 is 1.39 bits per heavy atom. The molecule has 1 N–H and O–H groups in total. The Hall–Kier alpha value is -2.51. The average molecular weight is 326 g/mol. The van der Waals surface area contributed by atoms with Crippen molar-refractivity contribution < 1.29 is 27.2 Å². The second-order valence-corrected chi connectivity index (χ2v) is 5.35. The standard InChI is InChI=1S/C15H13F3N2O3/c1-8-6-13(20-23-8)19-14(21)11-7-10(11)9-4-2-3-5-12(9)22-15(16,17)18/h2-6,10-11H,7H2,1H3,(H,19,20,21).